The molecule has 2 amide bonds. The summed E-state index contributed by atoms with van der Waals surface area (Å²) in [7, 11) is 0. The summed E-state index contributed by atoms with van der Waals surface area (Å²) in [5.41, 5.74) is 1.87. The molecule has 1 aliphatic rings. The van der Waals surface area contributed by atoms with Gasteiger partial charge in [0.1, 0.15) is 0 Å². The van der Waals surface area contributed by atoms with Gasteiger partial charge in [0.05, 0.1) is 5.25 Å². The molecule has 0 saturated carbocycles. The fourth-order valence-corrected chi connectivity index (χ4v) is 2.83. The number of benzene rings is 1. The second-order valence-corrected chi connectivity index (χ2v) is 5.58. The van der Waals surface area contributed by atoms with E-state index in [0.29, 0.717) is 6.54 Å². The van der Waals surface area contributed by atoms with Crippen LogP contribution in [-0.4, -0.2) is 29.4 Å². The van der Waals surface area contributed by atoms with Crippen molar-refractivity contribution in [3.8, 4) is 0 Å². The normalized spacial score (nSPS) is 19.2. The van der Waals surface area contributed by atoms with Gasteiger partial charge in [-0.1, -0.05) is 12.1 Å². The topological polar surface area (TPSA) is 58.2 Å². The average Bonchev–Trinajstić information content (AvgIpc) is 2.32. The summed E-state index contributed by atoms with van der Waals surface area (Å²) in [5, 5.41) is 5.33. The molecular weight excluding hydrogens is 248 g/mol. The molecule has 0 spiro atoms. The van der Waals surface area contributed by atoms with Gasteiger partial charge in [0.2, 0.25) is 11.8 Å². The Morgan fingerprint density at radius 1 is 1.56 bits per heavy atom. The van der Waals surface area contributed by atoms with E-state index >= 15 is 0 Å². The van der Waals surface area contributed by atoms with Gasteiger partial charge in [0.15, 0.2) is 0 Å². The first-order valence-electron chi connectivity index (χ1n) is 5.91. The molecule has 1 aromatic rings. The molecule has 1 fully saturated rings. The highest BCUT2D eigenvalue weighted by atomic mass is 32.2. The van der Waals surface area contributed by atoms with Crippen LogP contribution in [0.4, 0.5) is 5.69 Å². The van der Waals surface area contributed by atoms with Crippen LogP contribution in [0, 0.1) is 6.92 Å². The van der Waals surface area contributed by atoms with Crippen molar-refractivity contribution >= 4 is 29.3 Å². The van der Waals surface area contributed by atoms with Crippen LogP contribution in [0.1, 0.15) is 12.0 Å². The van der Waals surface area contributed by atoms with Gasteiger partial charge in [-0.3, -0.25) is 9.59 Å². The molecule has 0 bridgehead atoms. The van der Waals surface area contributed by atoms with E-state index in [4.69, 9.17) is 0 Å². The van der Waals surface area contributed by atoms with Crippen molar-refractivity contribution in [2.75, 3.05) is 17.6 Å². The predicted molar refractivity (Wildman–Crippen MR) is 73.7 cm³/mol. The van der Waals surface area contributed by atoms with Gasteiger partial charge < -0.3 is 10.6 Å². The Kier molecular flexibility index (Phi) is 4.25. The molecule has 1 aromatic carbocycles. The lowest BCUT2D eigenvalue weighted by Crippen LogP contribution is -2.40. The highest BCUT2D eigenvalue weighted by Crippen LogP contribution is 2.19. The van der Waals surface area contributed by atoms with Gasteiger partial charge in [-0.05, 0) is 24.6 Å². The third-order valence-electron chi connectivity index (χ3n) is 2.69. The monoisotopic (exact) mass is 264 g/mol. The summed E-state index contributed by atoms with van der Waals surface area (Å²) in [6.07, 6.45) is 0.227. The van der Waals surface area contributed by atoms with Gasteiger partial charge in [-0.25, -0.2) is 0 Å². The minimum atomic E-state index is -0.261. The smallest absolute Gasteiger partial charge is 0.233 e. The van der Waals surface area contributed by atoms with Crippen molar-refractivity contribution in [3.63, 3.8) is 0 Å². The number of carbonyl (C=O) groups is 2. The van der Waals surface area contributed by atoms with Crippen LogP contribution in [-0.2, 0) is 9.59 Å². The number of hydrogen-bond acceptors (Lipinski definition) is 3. The van der Waals surface area contributed by atoms with Crippen LogP contribution in [0.5, 0.6) is 0 Å². The maximum atomic E-state index is 11.8. The molecule has 0 aromatic heterocycles. The van der Waals surface area contributed by atoms with Crippen LogP contribution >= 0.6 is 11.8 Å². The number of anilines is 1. The highest BCUT2D eigenvalue weighted by molar-refractivity contribution is 8.00. The first-order chi connectivity index (χ1) is 8.65. The summed E-state index contributed by atoms with van der Waals surface area (Å²) >= 11 is 1.54. The summed E-state index contributed by atoms with van der Waals surface area (Å²) in [6, 6.07) is 7.62. The number of thioether (sulfide) groups is 1. The summed E-state index contributed by atoms with van der Waals surface area (Å²) < 4.78 is 0. The number of aryl methyl sites for hydroxylation is 1. The molecule has 1 atom stereocenters. The fraction of sp³-hybridized carbons (Fsp3) is 0.385. The van der Waals surface area contributed by atoms with Crippen molar-refractivity contribution in [1.29, 1.82) is 0 Å². The number of carbonyl (C=O) groups excluding carboxylic acids is 2. The number of amides is 2. The average molecular weight is 264 g/mol. The first-order valence-corrected chi connectivity index (χ1v) is 6.96. The molecule has 96 valence electrons. The zero-order chi connectivity index (χ0) is 13.0. The van der Waals surface area contributed by atoms with Crippen molar-refractivity contribution in [2.45, 2.75) is 18.6 Å². The lowest BCUT2D eigenvalue weighted by molar-refractivity contribution is -0.123. The van der Waals surface area contributed by atoms with Crippen LogP contribution in [0.15, 0.2) is 24.3 Å². The Bertz CT molecular complexity index is 462. The van der Waals surface area contributed by atoms with Gasteiger partial charge >= 0.3 is 0 Å². The Morgan fingerprint density at radius 3 is 3.11 bits per heavy atom. The Labute approximate surface area is 111 Å². The molecule has 2 N–H and O–H groups in total. The number of hydrogen-bond donors (Lipinski definition) is 2. The van der Waals surface area contributed by atoms with Gasteiger partial charge in [0.25, 0.3) is 0 Å². The largest absolute Gasteiger partial charge is 0.354 e. The molecule has 1 heterocycles. The van der Waals surface area contributed by atoms with Gasteiger partial charge in [0, 0.05) is 24.4 Å². The maximum Gasteiger partial charge on any atom is 0.233 e. The molecule has 0 aliphatic carbocycles. The lowest BCUT2D eigenvalue weighted by Gasteiger charge is -2.20. The van der Waals surface area contributed by atoms with E-state index in [0.717, 1.165) is 17.0 Å². The third kappa shape index (κ3) is 3.50. The molecule has 2 rings (SSSR count). The minimum absolute atomic E-state index is 0.0364. The molecule has 1 aliphatic heterocycles. The number of rotatable bonds is 3. The SMILES string of the molecule is Cc1cccc(NC(=O)CC2SCCNC2=O)c1. The number of nitrogens with one attached hydrogen (secondary N) is 2. The van der Waals surface area contributed by atoms with E-state index in [9.17, 15) is 9.59 Å². The Balaban J connectivity index is 1.90. The predicted octanol–water partition coefficient (Wildman–Crippen LogP) is 1.56. The third-order valence-corrected chi connectivity index (χ3v) is 3.91. The molecule has 18 heavy (non-hydrogen) atoms. The van der Waals surface area contributed by atoms with Crippen molar-refractivity contribution in [3.05, 3.63) is 29.8 Å². The molecule has 1 unspecified atom stereocenters. The fourth-order valence-electron chi connectivity index (χ4n) is 1.82. The highest BCUT2D eigenvalue weighted by Gasteiger charge is 2.25. The Morgan fingerprint density at radius 2 is 2.39 bits per heavy atom. The van der Waals surface area contributed by atoms with Gasteiger partial charge in [-0.2, -0.15) is 0 Å². The van der Waals surface area contributed by atoms with E-state index in [1.54, 1.807) is 11.8 Å². The second-order valence-electron chi connectivity index (χ2n) is 4.27. The zero-order valence-electron chi connectivity index (χ0n) is 10.2. The van der Waals surface area contributed by atoms with E-state index in [1.165, 1.54) is 0 Å². The summed E-state index contributed by atoms with van der Waals surface area (Å²) in [6.45, 7) is 2.67. The van der Waals surface area contributed by atoms with E-state index in [1.807, 2.05) is 31.2 Å². The Hall–Kier alpha value is -1.49. The summed E-state index contributed by atoms with van der Waals surface area (Å²) in [4.78, 5) is 23.4. The van der Waals surface area contributed by atoms with Crippen molar-refractivity contribution in [1.82, 2.24) is 5.32 Å². The molecule has 1 saturated heterocycles. The van der Waals surface area contributed by atoms with Crippen molar-refractivity contribution < 1.29 is 9.59 Å². The van der Waals surface area contributed by atoms with Crippen LogP contribution in [0.3, 0.4) is 0 Å². The van der Waals surface area contributed by atoms with Crippen LogP contribution in [0.25, 0.3) is 0 Å². The second kappa shape index (κ2) is 5.91. The quantitative estimate of drug-likeness (QED) is 0.871. The lowest BCUT2D eigenvalue weighted by atomic mass is 10.2. The molecule has 0 radical (unpaired) electrons. The molecule has 5 heteroatoms. The van der Waals surface area contributed by atoms with E-state index < -0.39 is 0 Å². The first kappa shape index (κ1) is 13.0. The van der Waals surface area contributed by atoms with Crippen LogP contribution in [0.2, 0.25) is 0 Å². The minimum Gasteiger partial charge on any atom is -0.354 e. The molecular formula is C13H16N2O2S. The van der Waals surface area contributed by atoms with Crippen LogP contribution < -0.4 is 10.6 Å². The summed E-state index contributed by atoms with van der Waals surface area (Å²) in [5.74, 6) is 0.717. The maximum absolute atomic E-state index is 11.8. The molecule has 4 nitrogen and oxygen atoms in total. The standard InChI is InChI=1S/C13H16N2O2S/c1-9-3-2-4-10(7-9)15-12(16)8-11-13(17)14-5-6-18-11/h2-4,7,11H,5-6,8H2,1H3,(H,14,17)(H,15,16). The van der Waals surface area contributed by atoms with E-state index in [2.05, 4.69) is 10.6 Å². The zero-order valence-corrected chi connectivity index (χ0v) is 11.0. The van der Waals surface area contributed by atoms with E-state index in [-0.39, 0.29) is 23.5 Å². The van der Waals surface area contributed by atoms with Crippen molar-refractivity contribution in [2.24, 2.45) is 0 Å². The van der Waals surface area contributed by atoms with Gasteiger partial charge in [-0.15, -0.1) is 11.8 Å².